The minimum atomic E-state index is -0.0454. The van der Waals surface area contributed by atoms with E-state index < -0.39 is 0 Å². The van der Waals surface area contributed by atoms with E-state index >= 15 is 0 Å². The zero-order valence-electron chi connectivity index (χ0n) is 13.5. The first-order chi connectivity index (χ1) is 8.76. The van der Waals surface area contributed by atoms with Crippen LogP contribution in [0.5, 0.6) is 0 Å². The van der Waals surface area contributed by atoms with Gasteiger partial charge in [-0.25, -0.2) is 0 Å². The molecule has 19 heavy (non-hydrogen) atoms. The number of carbonyl (C=O) groups excluding carboxylic acids is 1. The number of carbonyl (C=O) groups is 1. The van der Waals surface area contributed by atoms with Gasteiger partial charge in [-0.15, -0.1) is 0 Å². The summed E-state index contributed by atoms with van der Waals surface area (Å²) in [6, 6.07) is 0. The zero-order valence-corrected chi connectivity index (χ0v) is 13.5. The summed E-state index contributed by atoms with van der Waals surface area (Å²) in [4.78, 5) is 16.9. The maximum Gasteiger partial charge on any atom is 0.223 e. The molecule has 0 radical (unpaired) electrons. The molecule has 0 bridgehead atoms. The van der Waals surface area contributed by atoms with Crippen LogP contribution in [0.2, 0.25) is 0 Å². The Morgan fingerprint density at radius 3 is 2.21 bits per heavy atom. The Balaban J connectivity index is 2.72. The molecule has 1 saturated heterocycles. The Kier molecular flexibility index (Phi) is 5.81. The van der Waals surface area contributed by atoms with E-state index in [0.717, 1.165) is 32.5 Å². The lowest BCUT2D eigenvalue weighted by molar-refractivity contribution is -0.128. The molecule has 0 aromatic carbocycles. The highest BCUT2D eigenvalue weighted by atomic mass is 16.2. The van der Waals surface area contributed by atoms with Crippen molar-refractivity contribution >= 4 is 5.91 Å². The van der Waals surface area contributed by atoms with Crippen LogP contribution in [0.25, 0.3) is 0 Å². The zero-order chi connectivity index (χ0) is 14.6. The summed E-state index contributed by atoms with van der Waals surface area (Å²) in [5, 5.41) is 3.36. The van der Waals surface area contributed by atoms with Gasteiger partial charge in [0.15, 0.2) is 0 Å². The van der Waals surface area contributed by atoms with Crippen LogP contribution in [0.4, 0.5) is 0 Å². The molecule has 0 aromatic heterocycles. The molecule has 4 nitrogen and oxygen atoms in total. The van der Waals surface area contributed by atoms with Crippen molar-refractivity contribution in [2.75, 3.05) is 40.8 Å². The van der Waals surface area contributed by atoms with Gasteiger partial charge in [-0.3, -0.25) is 4.79 Å². The Morgan fingerprint density at radius 1 is 1.26 bits per heavy atom. The molecule has 0 spiro atoms. The highest BCUT2D eigenvalue weighted by Crippen LogP contribution is 2.24. The predicted octanol–water partition coefficient (Wildman–Crippen LogP) is 1.42. The van der Waals surface area contributed by atoms with Crippen molar-refractivity contribution < 1.29 is 4.79 Å². The number of likely N-dealkylation sites (tertiary alicyclic amines) is 1. The van der Waals surface area contributed by atoms with Gasteiger partial charge in [0.25, 0.3) is 0 Å². The fraction of sp³-hybridized carbons (Fsp3) is 0.933. The molecular formula is C15H31N3O. The van der Waals surface area contributed by atoms with E-state index in [4.69, 9.17) is 0 Å². The van der Waals surface area contributed by atoms with Crippen molar-refractivity contribution in [1.82, 2.24) is 15.1 Å². The third-order valence-corrected chi connectivity index (χ3v) is 4.36. The van der Waals surface area contributed by atoms with Gasteiger partial charge in [-0.05, 0) is 39.9 Å². The van der Waals surface area contributed by atoms with E-state index in [-0.39, 0.29) is 17.4 Å². The molecule has 1 heterocycles. The fourth-order valence-corrected chi connectivity index (χ4v) is 2.65. The molecule has 1 atom stereocenters. The van der Waals surface area contributed by atoms with Gasteiger partial charge in [0.05, 0.1) is 5.54 Å². The number of piperidine rings is 1. The first kappa shape index (κ1) is 16.4. The van der Waals surface area contributed by atoms with Crippen LogP contribution in [-0.4, -0.2) is 62.0 Å². The number of hydrogen-bond acceptors (Lipinski definition) is 3. The molecule has 1 rings (SSSR count). The number of nitrogens with zero attached hydrogens (tertiary/aromatic N) is 2. The van der Waals surface area contributed by atoms with Gasteiger partial charge in [0, 0.05) is 25.6 Å². The van der Waals surface area contributed by atoms with Crippen molar-refractivity contribution in [1.29, 1.82) is 0 Å². The third-order valence-electron chi connectivity index (χ3n) is 4.36. The molecule has 112 valence electrons. The van der Waals surface area contributed by atoms with E-state index in [2.05, 4.69) is 50.1 Å². The van der Waals surface area contributed by atoms with E-state index in [1.54, 1.807) is 0 Å². The summed E-state index contributed by atoms with van der Waals surface area (Å²) >= 11 is 0. The molecule has 1 aliphatic rings. The van der Waals surface area contributed by atoms with Gasteiger partial charge in [0.2, 0.25) is 5.91 Å². The molecule has 4 heteroatoms. The lowest BCUT2D eigenvalue weighted by atomic mass is 9.85. The van der Waals surface area contributed by atoms with Crippen LogP contribution in [0.3, 0.4) is 0 Å². The lowest BCUT2D eigenvalue weighted by Crippen LogP contribution is -2.60. The molecule has 1 aliphatic heterocycles. The van der Waals surface area contributed by atoms with Gasteiger partial charge in [0.1, 0.15) is 0 Å². The monoisotopic (exact) mass is 269 g/mol. The lowest BCUT2D eigenvalue weighted by Gasteiger charge is -2.43. The summed E-state index contributed by atoms with van der Waals surface area (Å²) in [6.07, 6.45) is 2.08. The number of amides is 1. The maximum absolute atomic E-state index is 12.4. The smallest absolute Gasteiger partial charge is 0.223 e. The molecule has 1 N–H and O–H groups in total. The predicted molar refractivity (Wildman–Crippen MR) is 80.2 cm³/mol. The second-order valence-electron chi connectivity index (χ2n) is 6.84. The van der Waals surface area contributed by atoms with E-state index in [9.17, 15) is 4.79 Å². The van der Waals surface area contributed by atoms with Gasteiger partial charge < -0.3 is 15.1 Å². The van der Waals surface area contributed by atoms with Gasteiger partial charge in [-0.2, -0.15) is 0 Å². The Hall–Kier alpha value is -0.610. The van der Waals surface area contributed by atoms with Crippen molar-refractivity contribution in [3.63, 3.8) is 0 Å². The summed E-state index contributed by atoms with van der Waals surface area (Å²) in [5.41, 5.74) is -0.0454. The first-order valence-electron chi connectivity index (χ1n) is 7.41. The largest absolute Gasteiger partial charge is 0.349 e. The number of hydrogen-bond donors (Lipinski definition) is 1. The van der Waals surface area contributed by atoms with E-state index in [1.807, 2.05) is 6.92 Å². The Morgan fingerprint density at radius 2 is 1.79 bits per heavy atom. The van der Waals surface area contributed by atoms with Crippen molar-refractivity contribution in [2.24, 2.45) is 11.8 Å². The second kappa shape index (κ2) is 6.71. The average molecular weight is 269 g/mol. The summed E-state index contributed by atoms with van der Waals surface area (Å²) in [6.45, 7) is 9.29. The Labute approximate surface area is 118 Å². The fourth-order valence-electron chi connectivity index (χ4n) is 2.65. The third kappa shape index (κ3) is 4.77. The van der Waals surface area contributed by atoms with Gasteiger partial charge >= 0.3 is 0 Å². The molecule has 0 aromatic rings. The number of rotatable bonds is 5. The molecule has 1 fully saturated rings. The van der Waals surface area contributed by atoms with Crippen LogP contribution in [0, 0.1) is 11.8 Å². The minimum Gasteiger partial charge on any atom is -0.349 e. The van der Waals surface area contributed by atoms with Crippen LogP contribution in [-0.2, 0) is 4.79 Å². The molecule has 0 aliphatic carbocycles. The van der Waals surface area contributed by atoms with Crippen LogP contribution in [0.1, 0.15) is 33.6 Å². The number of nitrogens with one attached hydrogen (secondary N) is 1. The van der Waals surface area contributed by atoms with E-state index in [1.165, 1.54) is 0 Å². The molecule has 0 saturated carbocycles. The first-order valence-corrected chi connectivity index (χ1v) is 7.41. The summed E-state index contributed by atoms with van der Waals surface area (Å²) in [7, 11) is 6.31. The normalized spacial score (nSPS) is 21.7. The average Bonchev–Trinajstić information content (AvgIpc) is 2.31. The SMILES string of the molecule is CC(C)C(C)C(=O)NC1(CN(C)C)CCN(C)CC1. The second-order valence-corrected chi connectivity index (χ2v) is 6.84. The van der Waals surface area contributed by atoms with E-state index in [0.29, 0.717) is 5.92 Å². The standard InChI is InChI=1S/C15H31N3O/c1-12(2)13(3)14(19)16-15(11-17(4)5)7-9-18(6)10-8-15/h12-13H,7-11H2,1-6H3,(H,16,19). The van der Waals surface area contributed by atoms with Crippen molar-refractivity contribution in [3.05, 3.63) is 0 Å². The van der Waals surface area contributed by atoms with Gasteiger partial charge in [-0.1, -0.05) is 20.8 Å². The topological polar surface area (TPSA) is 35.6 Å². The molecule has 1 unspecified atom stereocenters. The van der Waals surface area contributed by atoms with Crippen LogP contribution < -0.4 is 5.32 Å². The summed E-state index contributed by atoms with van der Waals surface area (Å²) < 4.78 is 0. The highest BCUT2D eigenvalue weighted by Gasteiger charge is 2.36. The summed E-state index contributed by atoms with van der Waals surface area (Å²) in [5.74, 6) is 0.683. The Bertz CT molecular complexity index is 294. The molecular weight excluding hydrogens is 238 g/mol. The van der Waals surface area contributed by atoms with Crippen LogP contribution in [0.15, 0.2) is 0 Å². The van der Waals surface area contributed by atoms with Crippen molar-refractivity contribution in [3.8, 4) is 0 Å². The maximum atomic E-state index is 12.4. The van der Waals surface area contributed by atoms with Crippen LogP contribution >= 0.6 is 0 Å². The highest BCUT2D eigenvalue weighted by molar-refractivity contribution is 5.79. The molecule has 1 amide bonds. The minimum absolute atomic E-state index is 0.0454. The number of likely N-dealkylation sites (N-methyl/N-ethyl adjacent to an activating group) is 1. The van der Waals surface area contributed by atoms with Crippen molar-refractivity contribution in [2.45, 2.75) is 39.2 Å². The quantitative estimate of drug-likeness (QED) is 0.820.